The molecule has 0 aliphatic heterocycles. The molecule has 1 aromatic carbocycles. The van der Waals surface area contributed by atoms with E-state index in [0.717, 1.165) is 31.6 Å². The lowest BCUT2D eigenvalue weighted by molar-refractivity contribution is -0.117. The summed E-state index contributed by atoms with van der Waals surface area (Å²) in [6.45, 7) is 9.55. The third-order valence-corrected chi connectivity index (χ3v) is 6.60. The number of carbonyl (C=O) groups is 3. The van der Waals surface area contributed by atoms with Gasteiger partial charge in [0.1, 0.15) is 5.76 Å². The largest absolute Gasteiger partial charge is 0.506 e. The molecule has 38 heavy (non-hydrogen) atoms. The number of aliphatic hydroxyl groups excluding tert-OH is 1. The van der Waals surface area contributed by atoms with Gasteiger partial charge in [0.25, 0.3) is 0 Å². The maximum atomic E-state index is 13.0. The lowest BCUT2D eigenvalue weighted by Crippen LogP contribution is -2.33. The first-order chi connectivity index (χ1) is 18.3. The molecule has 0 saturated carbocycles. The number of Topliss-reactive ketones (excluding diaryl/α,β-unsaturated/α-hetero) is 1. The molecule has 3 N–H and O–H groups in total. The molecule has 2 aliphatic rings. The Morgan fingerprint density at radius 1 is 0.921 bits per heavy atom. The van der Waals surface area contributed by atoms with E-state index in [1.54, 1.807) is 0 Å². The molecule has 1 aromatic rings. The highest BCUT2D eigenvalue weighted by Gasteiger charge is 2.36. The van der Waals surface area contributed by atoms with Crippen LogP contribution >= 0.6 is 0 Å². The summed E-state index contributed by atoms with van der Waals surface area (Å²) in [4.78, 5) is 39.6. The van der Waals surface area contributed by atoms with Crippen molar-refractivity contribution in [1.29, 1.82) is 0 Å². The topological polar surface area (TPSA) is 102 Å². The molecular weight excluding hydrogens is 480 g/mol. The Balaban J connectivity index is 1.57. The number of amides is 2. The molecule has 8 nitrogen and oxygen atoms in total. The van der Waals surface area contributed by atoms with Crippen LogP contribution in [0.1, 0.15) is 18.4 Å². The Bertz CT molecular complexity index is 1190. The highest BCUT2D eigenvalue weighted by molar-refractivity contribution is 6.39. The summed E-state index contributed by atoms with van der Waals surface area (Å²) < 4.78 is 0. The van der Waals surface area contributed by atoms with E-state index in [9.17, 15) is 19.5 Å². The van der Waals surface area contributed by atoms with Gasteiger partial charge in [-0.2, -0.15) is 0 Å². The molecule has 0 spiro atoms. The number of hydrogen-bond donors (Lipinski definition) is 3. The van der Waals surface area contributed by atoms with Gasteiger partial charge in [0, 0.05) is 45.0 Å². The number of carbonyl (C=O) groups excluding carboxylic acids is 3. The maximum Gasteiger partial charge on any atom is 0.243 e. The first-order valence-corrected chi connectivity index (χ1v) is 12.7. The zero-order chi connectivity index (χ0) is 27.7. The predicted molar refractivity (Wildman–Crippen MR) is 152 cm³/mol. The number of aliphatic hydroxyl groups is 1. The van der Waals surface area contributed by atoms with Crippen LogP contribution in [0.5, 0.6) is 0 Å². The molecule has 0 atom stereocenters. The van der Waals surface area contributed by atoms with Crippen LogP contribution in [0.3, 0.4) is 0 Å². The Morgan fingerprint density at radius 3 is 2.00 bits per heavy atom. The molecule has 0 aromatic heterocycles. The van der Waals surface area contributed by atoms with Crippen molar-refractivity contribution >= 4 is 28.9 Å². The van der Waals surface area contributed by atoms with E-state index in [1.807, 2.05) is 62.7 Å². The zero-order valence-corrected chi connectivity index (χ0v) is 22.1. The van der Waals surface area contributed by atoms with Gasteiger partial charge in [-0.3, -0.25) is 19.3 Å². The van der Waals surface area contributed by atoms with Crippen LogP contribution < -0.4 is 15.5 Å². The molecule has 0 heterocycles. The van der Waals surface area contributed by atoms with Crippen molar-refractivity contribution in [2.24, 2.45) is 0 Å². The second kappa shape index (κ2) is 13.4. The van der Waals surface area contributed by atoms with Gasteiger partial charge in [0.05, 0.1) is 11.1 Å². The van der Waals surface area contributed by atoms with Gasteiger partial charge in [0.15, 0.2) is 0 Å². The summed E-state index contributed by atoms with van der Waals surface area (Å²) in [6, 6.07) is 7.58. The lowest BCUT2D eigenvalue weighted by atomic mass is 9.80. The SMILES string of the molecule is C=CC(=O)NCCCN(C)c1ccc(C2=C(O)C(=C3C=CC(N(C)CCCNC(=O)C=C)C=C3)C2=O)cc1. The lowest BCUT2D eigenvalue weighted by Gasteiger charge is -2.27. The van der Waals surface area contributed by atoms with Crippen LogP contribution in [0.4, 0.5) is 5.69 Å². The molecule has 0 radical (unpaired) electrons. The van der Waals surface area contributed by atoms with E-state index in [0.29, 0.717) is 35.4 Å². The summed E-state index contributed by atoms with van der Waals surface area (Å²) in [5, 5.41) is 16.3. The van der Waals surface area contributed by atoms with Gasteiger partial charge in [-0.15, -0.1) is 0 Å². The van der Waals surface area contributed by atoms with Crippen molar-refractivity contribution < 1.29 is 19.5 Å². The third-order valence-electron chi connectivity index (χ3n) is 6.60. The molecule has 200 valence electrons. The fourth-order valence-corrected chi connectivity index (χ4v) is 4.30. The van der Waals surface area contributed by atoms with Crippen LogP contribution in [0.25, 0.3) is 5.57 Å². The minimum Gasteiger partial charge on any atom is -0.506 e. The number of anilines is 1. The third kappa shape index (κ3) is 6.98. The minimum atomic E-state index is -0.182. The fourth-order valence-electron chi connectivity index (χ4n) is 4.30. The number of hydrogen-bond acceptors (Lipinski definition) is 6. The number of rotatable bonds is 13. The smallest absolute Gasteiger partial charge is 0.243 e. The fraction of sp³-hybridized carbons (Fsp3) is 0.300. The molecule has 3 rings (SSSR count). The normalized spacial score (nSPS) is 16.4. The summed E-state index contributed by atoms with van der Waals surface area (Å²) in [5.74, 6) is -0.511. The van der Waals surface area contributed by atoms with E-state index >= 15 is 0 Å². The standard InChI is InChI=1S/C30H36N4O4/c1-5-25(35)31-17-7-19-33(3)23-13-9-21(10-14-23)27-29(37)28(30(27)38)22-11-15-24(16-12-22)34(4)20-8-18-32-26(36)6-2/h5-6,9-16,23,37H,1-2,7-8,17-20H2,3-4H3,(H,31,35)(H,32,36). The minimum absolute atomic E-state index is 0.0168. The Labute approximate surface area is 224 Å². The van der Waals surface area contributed by atoms with Crippen LogP contribution in [0.2, 0.25) is 0 Å². The average molecular weight is 517 g/mol. The van der Waals surface area contributed by atoms with Crippen LogP contribution in [-0.2, 0) is 14.4 Å². The zero-order valence-electron chi connectivity index (χ0n) is 22.1. The summed E-state index contributed by atoms with van der Waals surface area (Å²) >= 11 is 0. The molecular formula is C30H36N4O4. The van der Waals surface area contributed by atoms with Gasteiger partial charge in [-0.25, -0.2) is 0 Å². The number of allylic oxidation sites excluding steroid dienone is 5. The molecule has 2 amide bonds. The van der Waals surface area contributed by atoms with E-state index in [-0.39, 0.29) is 29.4 Å². The Morgan fingerprint density at radius 2 is 1.47 bits per heavy atom. The predicted octanol–water partition coefficient (Wildman–Crippen LogP) is 3.08. The first kappa shape index (κ1) is 28.4. The van der Waals surface area contributed by atoms with Gasteiger partial charge >= 0.3 is 0 Å². The van der Waals surface area contributed by atoms with Crippen molar-refractivity contribution in [2.45, 2.75) is 18.9 Å². The molecule has 0 fully saturated rings. The number of ketones is 1. The van der Waals surface area contributed by atoms with Gasteiger partial charge in [0.2, 0.25) is 17.6 Å². The second-order valence-electron chi connectivity index (χ2n) is 9.24. The number of likely N-dealkylation sites (N-methyl/N-ethyl adjacent to an activating group) is 1. The molecule has 0 bridgehead atoms. The first-order valence-electron chi connectivity index (χ1n) is 12.7. The van der Waals surface area contributed by atoms with E-state index in [4.69, 9.17) is 0 Å². The summed E-state index contributed by atoms with van der Waals surface area (Å²) in [6.07, 6.45) is 11.8. The van der Waals surface area contributed by atoms with E-state index in [1.165, 1.54) is 12.2 Å². The van der Waals surface area contributed by atoms with Crippen molar-refractivity contribution in [3.63, 3.8) is 0 Å². The van der Waals surface area contributed by atoms with Crippen LogP contribution in [0.15, 0.2) is 90.8 Å². The highest BCUT2D eigenvalue weighted by Crippen LogP contribution is 2.39. The number of benzene rings is 1. The Hall–Kier alpha value is -4.17. The highest BCUT2D eigenvalue weighted by atomic mass is 16.3. The molecule has 2 aliphatic carbocycles. The van der Waals surface area contributed by atoms with Crippen molar-refractivity contribution in [3.8, 4) is 0 Å². The monoisotopic (exact) mass is 516 g/mol. The van der Waals surface area contributed by atoms with Crippen molar-refractivity contribution in [1.82, 2.24) is 15.5 Å². The maximum absolute atomic E-state index is 13.0. The van der Waals surface area contributed by atoms with Crippen molar-refractivity contribution in [3.05, 3.63) is 96.3 Å². The van der Waals surface area contributed by atoms with Crippen LogP contribution in [-0.4, -0.2) is 73.9 Å². The second-order valence-corrected chi connectivity index (χ2v) is 9.24. The Kier molecular flexibility index (Phi) is 10.0. The number of nitrogens with zero attached hydrogens (tertiary/aromatic N) is 2. The molecule has 0 unspecified atom stereocenters. The molecule has 0 saturated heterocycles. The summed E-state index contributed by atoms with van der Waals surface area (Å²) in [5.41, 5.74) is 3.02. The van der Waals surface area contributed by atoms with Gasteiger partial charge in [-0.05, 0) is 55.3 Å². The van der Waals surface area contributed by atoms with Gasteiger partial charge < -0.3 is 20.6 Å². The number of nitrogens with one attached hydrogen (secondary N) is 2. The van der Waals surface area contributed by atoms with E-state index in [2.05, 4.69) is 33.6 Å². The van der Waals surface area contributed by atoms with Gasteiger partial charge in [-0.1, -0.05) is 49.6 Å². The summed E-state index contributed by atoms with van der Waals surface area (Å²) in [7, 11) is 3.96. The van der Waals surface area contributed by atoms with Crippen LogP contribution in [0, 0.1) is 0 Å². The average Bonchev–Trinajstić information content (AvgIpc) is 2.93. The molecule has 8 heteroatoms. The van der Waals surface area contributed by atoms with Crippen molar-refractivity contribution in [2.75, 3.05) is 45.2 Å². The van der Waals surface area contributed by atoms with E-state index < -0.39 is 0 Å². The quantitative estimate of drug-likeness (QED) is 0.275.